The van der Waals surface area contributed by atoms with Gasteiger partial charge < -0.3 is 5.54 Å². The summed E-state index contributed by atoms with van der Waals surface area (Å²) in [7, 11) is -0.160. The second-order valence-corrected chi connectivity index (χ2v) is 8.17. The van der Waals surface area contributed by atoms with Crippen molar-refractivity contribution in [3.8, 4) is 0 Å². The van der Waals surface area contributed by atoms with Crippen LogP contribution in [0.1, 0.15) is 1.43 Å². The minimum absolute atomic E-state index is 0. The zero-order valence-electron chi connectivity index (χ0n) is 6.91. The predicted molar refractivity (Wildman–Crippen MR) is 35.5 cm³/mol. The third-order valence-corrected chi connectivity index (χ3v) is 5.51. The van der Waals surface area contributed by atoms with E-state index in [1.165, 1.54) is 0 Å². The van der Waals surface area contributed by atoms with E-state index in [0.717, 1.165) is 10.5 Å². The van der Waals surface area contributed by atoms with E-state index in [4.69, 9.17) is 4.12 Å². The van der Waals surface area contributed by atoms with E-state index in [-0.39, 0.29) is 20.3 Å². The van der Waals surface area contributed by atoms with Crippen molar-refractivity contribution in [3.63, 3.8) is 0 Å². The van der Waals surface area contributed by atoms with Crippen molar-refractivity contribution in [2.75, 3.05) is 0 Å². The van der Waals surface area contributed by atoms with Crippen LogP contribution in [0.2, 0.25) is 19.6 Å². The normalized spacial score (nSPS) is 10.7. The van der Waals surface area contributed by atoms with Gasteiger partial charge in [0.15, 0.2) is 8.32 Å². The first-order chi connectivity index (χ1) is 2.56. The Morgan fingerprint density at radius 3 is 1.57 bits per heavy atom. The molecule has 0 atom stereocenters. The summed E-state index contributed by atoms with van der Waals surface area (Å²) in [5.41, 5.74) is 0. The molecule has 4 heteroatoms. The molecule has 0 aromatic carbocycles. The molecule has 0 aliphatic heterocycles. The minimum atomic E-state index is -1.07. The molecule has 0 aromatic heterocycles. The van der Waals surface area contributed by atoms with Crippen molar-refractivity contribution in [2.24, 2.45) is 0 Å². The average Bonchev–Trinajstić information content (AvgIpc) is 1.35. The molecule has 0 fully saturated rings. The Morgan fingerprint density at radius 1 is 1.43 bits per heavy atom. The third-order valence-electron chi connectivity index (χ3n) is 0.612. The summed E-state index contributed by atoms with van der Waals surface area (Å²) >= 11 is 0. The second-order valence-electron chi connectivity index (χ2n) is 2.32. The van der Waals surface area contributed by atoms with Gasteiger partial charge in [0.05, 0.1) is 0 Å². The summed E-state index contributed by atoms with van der Waals surface area (Å²) in [4.78, 5) is 0. The Labute approximate surface area is 63.2 Å². The Hall–Kier alpha value is 0.991. The van der Waals surface area contributed by atoms with Crippen LogP contribution in [0, 0.1) is 0 Å². The molecule has 1 nitrogen and oxygen atoms in total. The number of hydrogen-bond acceptors (Lipinski definition) is 1. The summed E-state index contributed by atoms with van der Waals surface area (Å²) in [5, 5.41) is 0. The molecule has 0 aliphatic rings. The fraction of sp³-hybridized carbons (Fsp3) is 1.00. The molecule has 0 spiro atoms. The fourth-order valence-electron chi connectivity index (χ4n) is 0. The van der Waals surface area contributed by atoms with Crippen LogP contribution in [0.4, 0.5) is 0 Å². The van der Waals surface area contributed by atoms with E-state index >= 15 is 0 Å². The number of hydrogen-bond donors (Lipinski definition) is 0. The molecular formula is C3H13LiOSi2. The van der Waals surface area contributed by atoms with Crippen LogP contribution in [-0.2, 0) is 4.12 Å². The van der Waals surface area contributed by atoms with Crippen LogP contribution in [0.15, 0.2) is 0 Å². The van der Waals surface area contributed by atoms with E-state index < -0.39 is 8.32 Å². The van der Waals surface area contributed by atoms with Gasteiger partial charge in [0.2, 0.25) is 0 Å². The summed E-state index contributed by atoms with van der Waals surface area (Å²) in [5.74, 6) is 0. The average molecular weight is 128 g/mol. The summed E-state index contributed by atoms with van der Waals surface area (Å²) in [6.45, 7) is 6.58. The Morgan fingerprint density at radius 2 is 1.57 bits per heavy atom. The molecule has 0 N–H and O–H groups in total. The van der Waals surface area contributed by atoms with Gasteiger partial charge in [0, 0.05) is 0 Å². The Balaban J connectivity index is -0.000000125. The van der Waals surface area contributed by atoms with Gasteiger partial charge >= 0.3 is 18.9 Å². The van der Waals surface area contributed by atoms with Crippen LogP contribution in [0.25, 0.3) is 0 Å². The first-order valence-corrected chi connectivity index (χ1v) is 6.34. The molecule has 0 saturated carbocycles. The molecule has 40 valence electrons. The molecule has 7 heavy (non-hydrogen) atoms. The van der Waals surface area contributed by atoms with E-state index in [2.05, 4.69) is 19.6 Å². The van der Waals surface area contributed by atoms with Gasteiger partial charge in [-0.05, 0) is 19.6 Å². The molecular weight excluding hydrogens is 115 g/mol. The van der Waals surface area contributed by atoms with Crippen LogP contribution >= 0.6 is 0 Å². The molecule has 0 amide bonds. The monoisotopic (exact) mass is 128 g/mol. The third kappa shape index (κ3) is 10.9. The maximum absolute atomic E-state index is 5.22. The topological polar surface area (TPSA) is 9.23 Å². The zero-order valence-corrected chi connectivity index (χ0v) is 8.91. The molecule has 0 rings (SSSR count). The summed E-state index contributed by atoms with van der Waals surface area (Å²) < 4.78 is 5.22. The van der Waals surface area contributed by atoms with Gasteiger partial charge in [0.25, 0.3) is 0 Å². The first-order valence-electron chi connectivity index (χ1n) is 2.11. The molecule has 0 saturated heterocycles. The number of rotatable bonds is 1. The van der Waals surface area contributed by atoms with Crippen LogP contribution in [0.5, 0.6) is 0 Å². The van der Waals surface area contributed by atoms with Crippen molar-refractivity contribution in [1.29, 1.82) is 0 Å². The SMILES string of the molecule is C[Si](C)(C)O[SiH3].[H-].[Li+]. The van der Waals surface area contributed by atoms with Gasteiger partial charge in [-0.3, -0.25) is 0 Å². The van der Waals surface area contributed by atoms with Gasteiger partial charge in [0.1, 0.15) is 10.5 Å². The van der Waals surface area contributed by atoms with E-state index in [1.807, 2.05) is 0 Å². The Kier molecular flexibility index (Phi) is 6.11. The summed E-state index contributed by atoms with van der Waals surface area (Å²) in [6, 6.07) is 0. The van der Waals surface area contributed by atoms with Crippen molar-refractivity contribution in [1.82, 2.24) is 0 Å². The minimum Gasteiger partial charge on any atom is -1.00 e. The standard InChI is InChI=1S/C3H12OSi2.Li.H/c1-6(2,3)4-5;;/h1-3,5H3;;/q;+1;-1. The smallest absolute Gasteiger partial charge is 1.00 e. The molecule has 0 radical (unpaired) electrons. The molecule has 0 heterocycles. The van der Waals surface area contributed by atoms with Crippen molar-refractivity contribution >= 4 is 18.8 Å². The maximum Gasteiger partial charge on any atom is 1.00 e. The van der Waals surface area contributed by atoms with E-state index in [0.29, 0.717) is 0 Å². The van der Waals surface area contributed by atoms with Crippen molar-refractivity contribution in [3.05, 3.63) is 0 Å². The maximum atomic E-state index is 5.22. The van der Waals surface area contributed by atoms with Gasteiger partial charge in [-0.25, -0.2) is 0 Å². The molecule has 0 aromatic rings. The zero-order chi connectivity index (χ0) is 5.21. The second kappa shape index (κ2) is 3.93. The van der Waals surface area contributed by atoms with E-state index in [9.17, 15) is 0 Å². The van der Waals surface area contributed by atoms with E-state index in [1.54, 1.807) is 0 Å². The molecule has 0 aliphatic carbocycles. The quantitative estimate of drug-likeness (QED) is 0.348. The van der Waals surface area contributed by atoms with Crippen molar-refractivity contribution in [2.45, 2.75) is 19.6 Å². The summed E-state index contributed by atoms with van der Waals surface area (Å²) in [6.07, 6.45) is 0. The molecule has 0 unspecified atom stereocenters. The van der Waals surface area contributed by atoms with Crippen LogP contribution < -0.4 is 18.9 Å². The largest absolute Gasteiger partial charge is 1.00 e. The van der Waals surface area contributed by atoms with Gasteiger partial charge in [-0.2, -0.15) is 0 Å². The predicted octanol–water partition coefficient (Wildman–Crippen LogP) is -2.77. The molecule has 0 bridgehead atoms. The van der Waals surface area contributed by atoms with Crippen molar-refractivity contribution < 1.29 is 24.4 Å². The van der Waals surface area contributed by atoms with Gasteiger partial charge in [-0.15, -0.1) is 0 Å². The Bertz CT molecular complexity index is 47.0. The fourth-order valence-corrected chi connectivity index (χ4v) is 0. The van der Waals surface area contributed by atoms with Crippen LogP contribution in [-0.4, -0.2) is 18.8 Å². The van der Waals surface area contributed by atoms with Crippen LogP contribution in [0.3, 0.4) is 0 Å². The van der Waals surface area contributed by atoms with Gasteiger partial charge in [-0.1, -0.05) is 0 Å². The first kappa shape index (κ1) is 10.9.